The lowest BCUT2D eigenvalue weighted by atomic mass is 9.74. The van der Waals surface area contributed by atoms with Crippen LogP contribution < -0.4 is 15.4 Å². The molecule has 1 unspecified atom stereocenters. The van der Waals surface area contributed by atoms with Gasteiger partial charge in [-0.3, -0.25) is 14.6 Å². The zero-order valence-electron chi connectivity index (χ0n) is 18.2. The molecule has 34 heavy (non-hydrogen) atoms. The third-order valence-electron chi connectivity index (χ3n) is 6.07. The van der Waals surface area contributed by atoms with Crippen LogP contribution in [0.4, 0.5) is 5.69 Å². The first-order valence-electron chi connectivity index (χ1n) is 10.8. The second-order valence-corrected chi connectivity index (χ2v) is 8.63. The second-order valence-electron chi connectivity index (χ2n) is 8.20. The number of anilines is 1. The van der Waals surface area contributed by atoms with Gasteiger partial charge in [-0.05, 0) is 18.2 Å². The first kappa shape index (κ1) is 21.9. The van der Waals surface area contributed by atoms with Crippen LogP contribution in [0.2, 0.25) is 5.02 Å². The van der Waals surface area contributed by atoms with Crippen molar-refractivity contribution in [3.63, 3.8) is 0 Å². The number of pyridine rings is 1. The van der Waals surface area contributed by atoms with Gasteiger partial charge >= 0.3 is 0 Å². The molecule has 2 aromatic carbocycles. The lowest BCUT2D eigenvalue weighted by Crippen LogP contribution is -2.52. The largest absolute Gasteiger partial charge is 0.493 e. The molecule has 0 saturated heterocycles. The molecule has 8 nitrogen and oxygen atoms in total. The third-order valence-corrected chi connectivity index (χ3v) is 6.30. The number of rotatable bonds is 6. The third kappa shape index (κ3) is 4.20. The van der Waals surface area contributed by atoms with Gasteiger partial charge in [0.25, 0.3) is 0 Å². The molecule has 1 aliphatic heterocycles. The smallest absolute Gasteiger partial charge is 0.240 e. The van der Waals surface area contributed by atoms with Gasteiger partial charge < -0.3 is 19.9 Å². The molecule has 0 fully saturated rings. The number of hydrogen-bond acceptors (Lipinski definition) is 5. The van der Waals surface area contributed by atoms with E-state index in [1.165, 1.54) is 0 Å². The number of halogens is 1. The van der Waals surface area contributed by atoms with Crippen LogP contribution in [0.1, 0.15) is 12.0 Å². The van der Waals surface area contributed by atoms with Crippen molar-refractivity contribution in [1.82, 2.24) is 19.9 Å². The Hall–Kier alpha value is -3.91. The van der Waals surface area contributed by atoms with Gasteiger partial charge in [-0.15, -0.1) is 0 Å². The molecule has 172 valence electrons. The van der Waals surface area contributed by atoms with E-state index < -0.39 is 5.41 Å². The molecule has 0 spiro atoms. The lowest BCUT2D eigenvalue weighted by Gasteiger charge is -2.38. The van der Waals surface area contributed by atoms with Crippen molar-refractivity contribution >= 4 is 39.9 Å². The minimum atomic E-state index is -1.08. The Labute approximate surface area is 200 Å². The Bertz CT molecular complexity index is 1350. The maximum absolute atomic E-state index is 13.9. The Kier molecular flexibility index (Phi) is 5.90. The zero-order valence-corrected chi connectivity index (χ0v) is 19.0. The van der Waals surface area contributed by atoms with Crippen molar-refractivity contribution in [3.8, 4) is 5.75 Å². The summed E-state index contributed by atoms with van der Waals surface area (Å²) in [6, 6.07) is 12.9. The Balaban J connectivity index is 1.49. The molecule has 9 heteroatoms. The highest BCUT2D eigenvalue weighted by Gasteiger charge is 2.45. The Morgan fingerprint density at radius 1 is 1.15 bits per heavy atom. The number of carbonyl (C=O) groups is 2. The van der Waals surface area contributed by atoms with Gasteiger partial charge in [-0.2, -0.15) is 0 Å². The number of benzene rings is 2. The van der Waals surface area contributed by atoms with Gasteiger partial charge in [0, 0.05) is 52.9 Å². The van der Waals surface area contributed by atoms with Crippen LogP contribution in [0.25, 0.3) is 10.8 Å². The number of aromatic nitrogens is 3. The highest BCUT2D eigenvalue weighted by molar-refractivity contribution is 6.30. The fraction of sp³-hybridized carbons (Fsp3) is 0.200. The summed E-state index contributed by atoms with van der Waals surface area (Å²) in [5.74, 6) is 0.0816. The van der Waals surface area contributed by atoms with Gasteiger partial charge in [0.15, 0.2) is 0 Å². The standard InChI is InChI=1S/C25H22ClN5O3/c26-18-5-6-22-20(11-18)25(7-10-34-22,15-29-23(32)14-31-9-8-27-16-31)24(33)30-21-13-28-12-17-3-1-2-4-19(17)21/h1-6,8-9,11-13,16H,7,10,14-15H2,(H,29,32)(H,30,33). The van der Waals surface area contributed by atoms with Crippen molar-refractivity contribution < 1.29 is 14.3 Å². The highest BCUT2D eigenvalue weighted by atomic mass is 35.5. The summed E-state index contributed by atoms with van der Waals surface area (Å²) < 4.78 is 7.49. The molecular weight excluding hydrogens is 454 g/mol. The van der Waals surface area contributed by atoms with Crippen LogP contribution in [-0.2, 0) is 21.5 Å². The molecule has 0 saturated carbocycles. The predicted octanol–water partition coefficient (Wildman–Crippen LogP) is 3.56. The molecular formula is C25H22ClN5O3. The minimum Gasteiger partial charge on any atom is -0.493 e. The van der Waals surface area contributed by atoms with E-state index in [-0.39, 0.29) is 24.9 Å². The van der Waals surface area contributed by atoms with Crippen LogP contribution in [0.15, 0.2) is 73.6 Å². The molecule has 0 bridgehead atoms. The molecule has 3 heterocycles. The first-order chi connectivity index (χ1) is 16.5. The van der Waals surface area contributed by atoms with Gasteiger partial charge in [0.2, 0.25) is 11.8 Å². The van der Waals surface area contributed by atoms with Crippen LogP contribution in [0, 0.1) is 0 Å². The van der Waals surface area contributed by atoms with E-state index in [0.29, 0.717) is 35.1 Å². The fourth-order valence-electron chi connectivity index (χ4n) is 4.28. The molecule has 1 atom stereocenters. The van der Waals surface area contributed by atoms with Crippen LogP contribution in [0.3, 0.4) is 0 Å². The summed E-state index contributed by atoms with van der Waals surface area (Å²) in [5, 5.41) is 8.27. The summed E-state index contributed by atoms with van der Waals surface area (Å²) in [4.78, 5) is 34.8. The number of ether oxygens (including phenoxy) is 1. The van der Waals surface area contributed by atoms with Gasteiger partial charge in [0.05, 0.1) is 30.2 Å². The Morgan fingerprint density at radius 3 is 2.88 bits per heavy atom. The van der Waals surface area contributed by atoms with Crippen molar-refractivity contribution in [2.75, 3.05) is 18.5 Å². The van der Waals surface area contributed by atoms with E-state index in [0.717, 1.165) is 10.8 Å². The number of fused-ring (bicyclic) bond motifs is 2. The highest BCUT2D eigenvalue weighted by Crippen LogP contribution is 2.41. The summed E-state index contributed by atoms with van der Waals surface area (Å²) in [7, 11) is 0. The van der Waals surface area contributed by atoms with E-state index >= 15 is 0 Å². The summed E-state index contributed by atoms with van der Waals surface area (Å²) in [5.41, 5.74) is 0.155. The molecule has 1 aliphatic rings. The number of amides is 2. The summed E-state index contributed by atoms with van der Waals surface area (Å²) >= 11 is 6.31. The molecule has 0 aliphatic carbocycles. The van der Waals surface area contributed by atoms with Gasteiger partial charge in [-0.1, -0.05) is 35.9 Å². The molecule has 4 aromatic rings. The zero-order chi connectivity index (χ0) is 23.5. The molecule has 2 aromatic heterocycles. The Morgan fingerprint density at radius 2 is 2.03 bits per heavy atom. The summed E-state index contributed by atoms with van der Waals surface area (Å²) in [6.45, 7) is 0.512. The maximum Gasteiger partial charge on any atom is 0.240 e. The van der Waals surface area contributed by atoms with E-state index in [2.05, 4.69) is 20.6 Å². The molecule has 2 N–H and O–H groups in total. The minimum absolute atomic E-state index is 0.0846. The summed E-state index contributed by atoms with van der Waals surface area (Å²) in [6.07, 6.45) is 8.63. The number of carbonyl (C=O) groups excluding carboxylic acids is 2. The number of hydrogen-bond donors (Lipinski definition) is 2. The maximum atomic E-state index is 13.9. The monoisotopic (exact) mass is 475 g/mol. The lowest BCUT2D eigenvalue weighted by molar-refractivity contribution is -0.124. The van der Waals surface area contributed by atoms with Gasteiger partial charge in [-0.25, -0.2) is 4.98 Å². The topological polar surface area (TPSA) is 98.1 Å². The first-order valence-corrected chi connectivity index (χ1v) is 11.2. The van der Waals surface area contributed by atoms with Gasteiger partial charge in [0.1, 0.15) is 12.3 Å². The van der Waals surface area contributed by atoms with E-state index in [9.17, 15) is 9.59 Å². The van der Waals surface area contributed by atoms with Crippen LogP contribution in [0.5, 0.6) is 5.75 Å². The van der Waals surface area contributed by atoms with Crippen LogP contribution >= 0.6 is 11.6 Å². The van der Waals surface area contributed by atoms with E-state index in [4.69, 9.17) is 16.3 Å². The van der Waals surface area contributed by atoms with E-state index in [1.807, 2.05) is 24.3 Å². The number of nitrogens with zero attached hydrogens (tertiary/aromatic N) is 3. The van der Waals surface area contributed by atoms with Crippen molar-refractivity contribution in [2.24, 2.45) is 0 Å². The fourth-order valence-corrected chi connectivity index (χ4v) is 4.45. The average molecular weight is 476 g/mol. The van der Waals surface area contributed by atoms with Crippen molar-refractivity contribution in [1.29, 1.82) is 0 Å². The molecule has 5 rings (SSSR count). The SMILES string of the molecule is O=C(Cn1ccnc1)NCC1(C(=O)Nc2cncc3ccccc23)CCOc2ccc(Cl)cc21. The van der Waals surface area contributed by atoms with Crippen molar-refractivity contribution in [3.05, 3.63) is 84.2 Å². The normalized spacial score (nSPS) is 17.0. The van der Waals surface area contributed by atoms with E-state index in [1.54, 1.807) is 53.9 Å². The second kappa shape index (κ2) is 9.15. The van der Waals surface area contributed by atoms with Crippen LogP contribution in [-0.4, -0.2) is 39.5 Å². The molecule has 0 radical (unpaired) electrons. The predicted molar refractivity (Wildman–Crippen MR) is 129 cm³/mol. The number of imidazole rings is 1. The molecule has 2 amide bonds. The number of nitrogens with one attached hydrogen (secondary N) is 2. The quantitative estimate of drug-likeness (QED) is 0.444. The van der Waals surface area contributed by atoms with Crippen molar-refractivity contribution in [2.45, 2.75) is 18.4 Å². The average Bonchev–Trinajstić information content (AvgIpc) is 3.36.